The van der Waals surface area contributed by atoms with Crippen molar-refractivity contribution in [3.8, 4) is 0 Å². The molecule has 1 saturated carbocycles. The summed E-state index contributed by atoms with van der Waals surface area (Å²) in [7, 11) is 0. The van der Waals surface area contributed by atoms with Crippen molar-refractivity contribution in [1.29, 1.82) is 0 Å². The zero-order valence-corrected chi connectivity index (χ0v) is 9.07. The Morgan fingerprint density at radius 2 is 2.06 bits per heavy atom. The van der Waals surface area contributed by atoms with E-state index in [2.05, 4.69) is 4.98 Å². The highest BCUT2D eigenvalue weighted by Crippen LogP contribution is 2.29. The van der Waals surface area contributed by atoms with Crippen LogP contribution in [0.4, 0.5) is 4.39 Å². The lowest BCUT2D eigenvalue weighted by molar-refractivity contribution is 0.298. The van der Waals surface area contributed by atoms with Gasteiger partial charge >= 0.3 is 5.69 Å². The van der Waals surface area contributed by atoms with E-state index in [9.17, 15) is 14.0 Å². The van der Waals surface area contributed by atoms with Crippen molar-refractivity contribution in [1.82, 2.24) is 9.55 Å². The zero-order chi connectivity index (χ0) is 12.0. The second-order valence-electron chi connectivity index (χ2n) is 4.35. The number of H-pyrrole nitrogens is 1. The highest BCUT2D eigenvalue weighted by molar-refractivity contribution is 5.77. The molecule has 1 aliphatic carbocycles. The van der Waals surface area contributed by atoms with Gasteiger partial charge in [-0.05, 0) is 31.4 Å². The number of hydrogen-bond donors (Lipinski definition) is 1. The Kier molecular flexibility index (Phi) is 2.14. The van der Waals surface area contributed by atoms with Crippen LogP contribution in [0.2, 0.25) is 0 Å². The Morgan fingerprint density at radius 1 is 1.29 bits per heavy atom. The van der Waals surface area contributed by atoms with Gasteiger partial charge in [0.2, 0.25) is 0 Å². The van der Waals surface area contributed by atoms with Crippen LogP contribution in [0.15, 0.2) is 27.8 Å². The molecule has 3 rings (SSSR count). The molecule has 1 aromatic heterocycles. The molecule has 1 aromatic carbocycles. The zero-order valence-electron chi connectivity index (χ0n) is 9.07. The van der Waals surface area contributed by atoms with Crippen LogP contribution < -0.4 is 11.2 Å². The van der Waals surface area contributed by atoms with Gasteiger partial charge in [0.1, 0.15) is 5.82 Å². The van der Waals surface area contributed by atoms with Gasteiger partial charge in [0.15, 0.2) is 0 Å². The molecule has 0 atom stereocenters. The maximum atomic E-state index is 13.6. The number of rotatable bonds is 1. The maximum absolute atomic E-state index is 13.6. The molecule has 1 fully saturated rings. The second-order valence-corrected chi connectivity index (χ2v) is 4.35. The molecule has 0 saturated heterocycles. The number of hydrogen-bond acceptors (Lipinski definition) is 2. The first-order chi connectivity index (χ1) is 8.18. The first-order valence-corrected chi connectivity index (χ1v) is 5.61. The predicted molar refractivity (Wildman–Crippen MR) is 61.7 cm³/mol. The van der Waals surface area contributed by atoms with Crippen molar-refractivity contribution in [2.75, 3.05) is 0 Å². The minimum atomic E-state index is -0.586. The summed E-state index contributed by atoms with van der Waals surface area (Å²) in [6, 6.07) is 4.16. The van der Waals surface area contributed by atoms with Gasteiger partial charge in [-0.3, -0.25) is 9.36 Å². The molecule has 1 N–H and O–H groups in total. The van der Waals surface area contributed by atoms with Crippen molar-refractivity contribution in [2.24, 2.45) is 0 Å². The molecule has 0 radical (unpaired) electrons. The van der Waals surface area contributed by atoms with E-state index in [1.807, 2.05) is 0 Å². The van der Waals surface area contributed by atoms with Gasteiger partial charge in [-0.15, -0.1) is 0 Å². The lowest BCUT2D eigenvalue weighted by Gasteiger charge is -2.26. The third kappa shape index (κ3) is 1.42. The van der Waals surface area contributed by atoms with E-state index >= 15 is 0 Å². The van der Waals surface area contributed by atoms with E-state index in [-0.39, 0.29) is 16.9 Å². The van der Waals surface area contributed by atoms with Gasteiger partial charge in [-0.25, -0.2) is 9.18 Å². The summed E-state index contributed by atoms with van der Waals surface area (Å²) in [5, 5.41) is -0.0287. The topological polar surface area (TPSA) is 54.9 Å². The molecule has 1 heterocycles. The highest BCUT2D eigenvalue weighted by atomic mass is 19.1. The number of aromatic nitrogens is 2. The lowest BCUT2D eigenvalue weighted by Crippen LogP contribution is -2.40. The summed E-state index contributed by atoms with van der Waals surface area (Å²) in [6.45, 7) is 0. The Labute approximate surface area is 95.7 Å². The molecule has 88 valence electrons. The van der Waals surface area contributed by atoms with Crippen LogP contribution in [0.25, 0.3) is 10.9 Å². The molecule has 1 aliphatic rings. The van der Waals surface area contributed by atoms with E-state index in [1.54, 1.807) is 0 Å². The second kappa shape index (κ2) is 3.55. The van der Waals surface area contributed by atoms with E-state index in [0.717, 1.165) is 23.8 Å². The Balaban J connectivity index is 2.41. The lowest BCUT2D eigenvalue weighted by atomic mass is 9.93. The summed E-state index contributed by atoms with van der Waals surface area (Å²) in [6.07, 6.45) is 2.62. The van der Waals surface area contributed by atoms with Gasteiger partial charge in [0.25, 0.3) is 5.56 Å². The van der Waals surface area contributed by atoms with Crippen molar-refractivity contribution < 1.29 is 4.39 Å². The normalized spacial score (nSPS) is 16.1. The monoisotopic (exact) mass is 234 g/mol. The third-order valence-electron chi connectivity index (χ3n) is 3.35. The molecular weight excluding hydrogens is 223 g/mol. The Bertz CT molecular complexity index is 698. The summed E-state index contributed by atoms with van der Waals surface area (Å²) in [5.74, 6) is -0.586. The molecule has 17 heavy (non-hydrogen) atoms. The van der Waals surface area contributed by atoms with Crippen molar-refractivity contribution in [2.45, 2.75) is 25.3 Å². The Hall–Kier alpha value is -1.91. The number of fused-ring (bicyclic) bond motifs is 1. The van der Waals surface area contributed by atoms with Crippen LogP contribution in [-0.2, 0) is 0 Å². The third-order valence-corrected chi connectivity index (χ3v) is 3.35. The number of nitrogens with zero attached hydrogens (tertiary/aromatic N) is 1. The van der Waals surface area contributed by atoms with E-state index in [4.69, 9.17) is 0 Å². The van der Waals surface area contributed by atoms with Crippen LogP contribution >= 0.6 is 0 Å². The maximum Gasteiger partial charge on any atom is 0.329 e. The van der Waals surface area contributed by atoms with Crippen LogP contribution in [0.3, 0.4) is 0 Å². The van der Waals surface area contributed by atoms with Gasteiger partial charge in [0.05, 0.1) is 10.9 Å². The first kappa shape index (κ1) is 10.3. The minimum absolute atomic E-state index is 0.0287. The molecule has 0 unspecified atom stereocenters. The quantitative estimate of drug-likeness (QED) is 0.814. The van der Waals surface area contributed by atoms with Gasteiger partial charge in [0, 0.05) is 6.04 Å². The predicted octanol–water partition coefficient (Wildman–Crippen LogP) is 1.55. The minimum Gasteiger partial charge on any atom is -0.307 e. The number of benzene rings is 1. The van der Waals surface area contributed by atoms with E-state index in [0.29, 0.717) is 0 Å². The Morgan fingerprint density at radius 3 is 2.71 bits per heavy atom. The first-order valence-electron chi connectivity index (χ1n) is 5.61. The van der Waals surface area contributed by atoms with Crippen molar-refractivity contribution in [3.05, 3.63) is 44.9 Å². The van der Waals surface area contributed by atoms with Gasteiger partial charge in [-0.2, -0.15) is 0 Å². The van der Waals surface area contributed by atoms with Crippen LogP contribution in [0, 0.1) is 5.82 Å². The molecule has 0 bridgehead atoms. The van der Waals surface area contributed by atoms with E-state index in [1.165, 1.54) is 18.2 Å². The number of aromatic amines is 1. The average molecular weight is 234 g/mol. The highest BCUT2D eigenvalue weighted by Gasteiger charge is 2.24. The van der Waals surface area contributed by atoms with Crippen molar-refractivity contribution >= 4 is 10.9 Å². The van der Waals surface area contributed by atoms with Crippen molar-refractivity contribution in [3.63, 3.8) is 0 Å². The SMILES string of the molecule is O=c1[nH]c2cccc(F)c2c(=O)n1C1CCC1. The van der Waals surface area contributed by atoms with Crippen LogP contribution in [0.1, 0.15) is 25.3 Å². The number of nitrogens with one attached hydrogen (secondary N) is 1. The molecule has 0 spiro atoms. The summed E-state index contributed by atoms with van der Waals surface area (Å²) < 4.78 is 14.8. The molecule has 0 aliphatic heterocycles. The summed E-state index contributed by atoms with van der Waals surface area (Å²) in [5.41, 5.74) is -0.708. The van der Waals surface area contributed by atoms with Gasteiger partial charge in [-0.1, -0.05) is 6.07 Å². The van der Waals surface area contributed by atoms with E-state index < -0.39 is 17.1 Å². The molecular formula is C12H11FN2O2. The largest absolute Gasteiger partial charge is 0.329 e. The standard InChI is InChI=1S/C12H11FN2O2/c13-8-5-2-6-9-10(8)11(16)15(12(17)14-9)7-3-1-4-7/h2,5-7H,1,3-4H2,(H,14,17). The summed E-state index contributed by atoms with van der Waals surface area (Å²) >= 11 is 0. The molecule has 2 aromatic rings. The van der Waals surface area contributed by atoms with Crippen LogP contribution in [0.5, 0.6) is 0 Å². The molecule has 5 heteroatoms. The fraction of sp³-hybridized carbons (Fsp3) is 0.333. The smallest absolute Gasteiger partial charge is 0.307 e. The fourth-order valence-corrected chi connectivity index (χ4v) is 2.21. The van der Waals surface area contributed by atoms with Crippen LogP contribution in [-0.4, -0.2) is 9.55 Å². The fourth-order valence-electron chi connectivity index (χ4n) is 2.21. The average Bonchev–Trinajstić information content (AvgIpc) is 2.21. The van der Waals surface area contributed by atoms with Gasteiger partial charge < -0.3 is 4.98 Å². The molecule has 0 amide bonds. The summed E-state index contributed by atoms with van der Waals surface area (Å²) in [4.78, 5) is 26.4. The number of halogens is 1. The molecule has 4 nitrogen and oxygen atoms in total.